The van der Waals surface area contributed by atoms with Crippen LogP contribution in [0.25, 0.3) is 0 Å². The number of benzene rings is 2. The Labute approximate surface area is 140 Å². The first-order chi connectivity index (χ1) is 11.6. The number of carbonyl (C=O) groups is 3. The molecular formula is C19H17NO4. The van der Waals surface area contributed by atoms with Crippen LogP contribution >= 0.6 is 0 Å². The number of anilines is 1. The third-order valence-electron chi connectivity index (χ3n) is 3.13. The van der Waals surface area contributed by atoms with Gasteiger partial charge in [-0.2, -0.15) is 0 Å². The van der Waals surface area contributed by atoms with E-state index in [9.17, 15) is 14.4 Å². The minimum Gasteiger partial charge on any atom is -0.452 e. The second kappa shape index (κ2) is 8.43. The zero-order valence-electron chi connectivity index (χ0n) is 13.2. The predicted octanol–water partition coefficient (Wildman–Crippen LogP) is 2.98. The summed E-state index contributed by atoms with van der Waals surface area (Å²) in [5.41, 5.74) is 1.27. The van der Waals surface area contributed by atoms with Crippen molar-refractivity contribution in [1.29, 1.82) is 0 Å². The number of para-hydroxylation sites is 1. The monoisotopic (exact) mass is 323 g/mol. The summed E-state index contributed by atoms with van der Waals surface area (Å²) in [5.74, 6) is -1.31. The van der Waals surface area contributed by atoms with Gasteiger partial charge in [0.05, 0.1) is 5.69 Å². The van der Waals surface area contributed by atoms with Crippen molar-refractivity contribution in [3.05, 3.63) is 77.9 Å². The van der Waals surface area contributed by atoms with E-state index in [4.69, 9.17) is 4.74 Å². The summed E-state index contributed by atoms with van der Waals surface area (Å²) in [6.07, 6.45) is 2.74. The fourth-order valence-corrected chi connectivity index (χ4v) is 2.04. The number of hydrogen-bond acceptors (Lipinski definition) is 4. The Morgan fingerprint density at radius 3 is 2.38 bits per heavy atom. The van der Waals surface area contributed by atoms with E-state index in [2.05, 4.69) is 5.32 Å². The van der Waals surface area contributed by atoms with Gasteiger partial charge in [0.2, 0.25) is 0 Å². The Morgan fingerprint density at radius 2 is 1.67 bits per heavy atom. The average molecular weight is 323 g/mol. The van der Waals surface area contributed by atoms with E-state index in [-0.39, 0.29) is 5.78 Å². The van der Waals surface area contributed by atoms with Crippen molar-refractivity contribution in [2.75, 3.05) is 11.9 Å². The molecule has 24 heavy (non-hydrogen) atoms. The Kier molecular flexibility index (Phi) is 6.02. The van der Waals surface area contributed by atoms with Gasteiger partial charge in [-0.15, -0.1) is 0 Å². The van der Waals surface area contributed by atoms with E-state index in [1.807, 2.05) is 6.07 Å². The Bertz CT molecular complexity index is 766. The van der Waals surface area contributed by atoms with Crippen molar-refractivity contribution in [3.8, 4) is 0 Å². The number of nitrogens with one attached hydrogen (secondary N) is 1. The summed E-state index contributed by atoms with van der Waals surface area (Å²) in [7, 11) is 0. The predicted molar refractivity (Wildman–Crippen MR) is 90.7 cm³/mol. The molecule has 5 nitrogen and oxygen atoms in total. The van der Waals surface area contributed by atoms with Gasteiger partial charge in [-0.1, -0.05) is 48.5 Å². The summed E-state index contributed by atoms with van der Waals surface area (Å²) >= 11 is 0. The van der Waals surface area contributed by atoms with Gasteiger partial charge >= 0.3 is 5.97 Å². The molecule has 0 aliphatic heterocycles. The van der Waals surface area contributed by atoms with E-state index in [0.717, 1.165) is 0 Å². The molecule has 0 aromatic heterocycles. The largest absolute Gasteiger partial charge is 0.452 e. The summed E-state index contributed by atoms with van der Waals surface area (Å²) in [4.78, 5) is 35.7. The Morgan fingerprint density at radius 1 is 1.00 bits per heavy atom. The van der Waals surface area contributed by atoms with Crippen molar-refractivity contribution in [3.63, 3.8) is 0 Å². The quantitative estimate of drug-likeness (QED) is 0.504. The van der Waals surface area contributed by atoms with E-state index in [1.54, 1.807) is 55.5 Å². The Balaban J connectivity index is 2.10. The average Bonchev–Trinajstić information content (AvgIpc) is 2.61. The lowest BCUT2D eigenvalue weighted by Crippen LogP contribution is -2.21. The smallest absolute Gasteiger partial charge is 0.330 e. The van der Waals surface area contributed by atoms with Gasteiger partial charge in [-0.25, -0.2) is 4.79 Å². The molecule has 0 saturated carbocycles. The van der Waals surface area contributed by atoms with Crippen LogP contribution in [0.3, 0.4) is 0 Å². The molecule has 122 valence electrons. The zero-order chi connectivity index (χ0) is 17.4. The maximum atomic E-state index is 12.6. The molecule has 0 fully saturated rings. The molecule has 0 bridgehead atoms. The number of hydrogen-bond donors (Lipinski definition) is 1. The first kappa shape index (κ1) is 17.1. The van der Waals surface area contributed by atoms with Crippen LogP contribution in [-0.4, -0.2) is 24.3 Å². The molecule has 5 heteroatoms. The van der Waals surface area contributed by atoms with Gasteiger partial charge in [-0.3, -0.25) is 9.59 Å². The number of ketones is 1. The SMILES string of the molecule is C/C=C/C(=O)OCC(=O)Nc1ccccc1C(=O)c1ccccc1. The molecule has 0 aliphatic rings. The molecule has 0 saturated heterocycles. The third kappa shape index (κ3) is 4.64. The number of ether oxygens (including phenoxy) is 1. The fourth-order valence-electron chi connectivity index (χ4n) is 2.04. The van der Waals surface area contributed by atoms with Crippen LogP contribution in [0.1, 0.15) is 22.8 Å². The van der Waals surface area contributed by atoms with Crippen LogP contribution in [0.4, 0.5) is 5.69 Å². The molecule has 0 spiro atoms. The van der Waals surface area contributed by atoms with Gasteiger partial charge in [0.15, 0.2) is 12.4 Å². The minimum absolute atomic E-state index is 0.197. The Hall–Kier alpha value is -3.21. The normalized spacial score (nSPS) is 10.4. The molecule has 0 unspecified atom stereocenters. The molecule has 0 aliphatic carbocycles. The third-order valence-corrected chi connectivity index (χ3v) is 3.13. The highest BCUT2D eigenvalue weighted by molar-refractivity contribution is 6.13. The zero-order valence-corrected chi connectivity index (χ0v) is 13.2. The van der Waals surface area contributed by atoms with Gasteiger partial charge in [-0.05, 0) is 19.1 Å². The van der Waals surface area contributed by atoms with Crippen LogP contribution in [0.2, 0.25) is 0 Å². The van der Waals surface area contributed by atoms with Crippen molar-refractivity contribution in [2.24, 2.45) is 0 Å². The van der Waals surface area contributed by atoms with Crippen LogP contribution in [-0.2, 0) is 14.3 Å². The summed E-state index contributed by atoms with van der Waals surface area (Å²) in [6, 6.07) is 15.5. The van der Waals surface area contributed by atoms with E-state index in [1.165, 1.54) is 12.2 Å². The number of esters is 1. The molecule has 2 rings (SSSR count). The highest BCUT2D eigenvalue weighted by atomic mass is 16.5. The summed E-state index contributed by atoms with van der Waals surface area (Å²) < 4.78 is 4.78. The number of allylic oxidation sites excluding steroid dienone is 1. The highest BCUT2D eigenvalue weighted by Crippen LogP contribution is 2.19. The van der Waals surface area contributed by atoms with E-state index in [0.29, 0.717) is 16.8 Å². The van der Waals surface area contributed by atoms with E-state index >= 15 is 0 Å². The first-order valence-electron chi connectivity index (χ1n) is 7.40. The van der Waals surface area contributed by atoms with Crippen molar-refractivity contribution >= 4 is 23.3 Å². The lowest BCUT2D eigenvalue weighted by molar-refractivity contribution is -0.142. The van der Waals surface area contributed by atoms with Gasteiger partial charge in [0.25, 0.3) is 5.91 Å². The van der Waals surface area contributed by atoms with Crippen molar-refractivity contribution in [2.45, 2.75) is 6.92 Å². The molecule has 0 atom stereocenters. The molecule has 2 aromatic rings. The fraction of sp³-hybridized carbons (Fsp3) is 0.105. The second-order valence-electron chi connectivity index (χ2n) is 4.90. The van der Waals surface area contributed by atoms with Gasteiger partial charge in [0, 0.05) is 17.2 Å². The molecule has 2 aromatic carbocycles. The summed E-state index contributed by atoms with van der Waals surface area (Å²) in [6.45, 7) is 1.25. The van der Waals surface area contributed by atoms with Crippen LogP contribution in [0.15, 0.2) is 66.7 Å². The van der Waals surface area contributed by atoms with Crippen molar-refractivity contribution in [1.82, 2.24) is 0 Å². The molecule has 0 heterocycles. The van der Waals surface area contributed by atoms with Gasteiger partial charge in [0.1, 0.15) is 0 Å². The summed E-state index contributed by atoms with van der Waals surface area (Å²) in [5, 5.41) is 2.60. The maximum Gasteiger partial charge on any atom is 0.330 e. The minimum atomic E-state index is -0.596. The topological polar surface area (TPSA) is 72.5 Å². The number of amides is 1. The number of rotatable bonds is 6. The molecule has 1 N–H and O–H groups in total. The highest BCUT2D eigenvalue weighted by Gasteiger charge is 2.15. The van der Waals surface area contributed by atoms with Crippen LogP contribution < -0.4 is 5.32 Å². The maximum absolute atomic E-state index is 12.6. The number of carbonyl (C=O) groups excluding carboxylic acids is 3. The lowest BCUT2D eigenvalue weighted by atomic mass is 10.0. The van der Waals surface area contributed by atoms with Crippen molar-refractivity contribution < 1.29 is 19.1 Å². The second-order valence-corrected chi connectivity index (χ2v) is 4.90. The first-order valence-corrected chi connectivity index (χ1v) is 7.40. The van der Waals surface area contributed by atoms with E-state index < -0.39 is 18.5 Å². The lowest BCUT2D eigenvalue weighted by Gasteiger charge is -2.10. The van der Waals surface area contributed by atoms with Gasteiger partial charge < -0.3 is 10.1 Å². The van der Waals surface area contributed by atoms with Crippen LogP contribution in [0, 0.1) is 0 Å². The standard InChI is InChI=1S/C19H17NO4/c1-2-8-18(22)24-13-17(21)20-16-12-7-6-11-15(16)19(23)14-9-4-3-5-10-14/h2-12H,13H2,1H3,(H,20,21)/b8-2+. The van der Waals surface area contributed by atoms with Crippen LogP contribution in [0.5, 0.6) is 0 Å². The molecular weight excluding hydrogens is 306 g/mol. The molecule has 0 radical (unpaired) electrons. The molecule has 1 amide bonds.